The van der Waals surface area contributed by atoms with E-state index >= 15 is 0 Å². The molecule has 11 aromatic rings. The van der Waals surface area contributed by atoms with E-state index in [1.165, 1.54) is 110 Å². The molecule has 0 saturated carbocycles. The fourth-order valence-corrected chi connectivity index (χ4v) is 12.2. The van der Waals surface area contributed by atoms with Crippen LogP contribution in [0.25, 0.3) is 61.1 Å². The largest absolute Gasteiger partial charge is 0.332 e. The minimum absolute atomic E-state index is 0.122. The number of hydrogen-bond acceptors (Lipinski definition) is 2. The minimum Gasteiger partial charge on any atom is -0.332 e. The summed E-state index contributed by atoms with van der Waals surface area (Å²) in [6.45, 7) is 18.2. The molecule has 1 aliphatic carbocycles. The van der Waals surface area contributed by atoms with Crippen molar-refractivity contribution in [3.63, 3.8) is 0 Å². The molecular weight excluding hydrogens is 849 g/mol. The molecule has 2 aliphatic rings. The Labute approximate surface area is 411 Å². The summed E-state index contributed by atoms with van der Waals surface area (Å²) < 4.78 is 5.27. The minimum atomic E-state index is 0.122. The van der Waals surface area contributed by atoms with Crippen molar-refractivity contribution in [2.24, 2.45) is 0 Å². The van der Waals surface area contributed by atoms with Crippen molar-refractivity contribution in [2.45, 2.75) is 91.0 Å². The van der Waals surface area contributed by atoms with Gasteiger partial charge in [0.05, 0.1) is 39.3 Å². The normalized spacial score (nSPS) is 15.3. The van der Waals surface area contributed by atoms with E-state index in [1.807, 2.05) is 0 Å². The molecule has 4 nitrogen and oxygen atoms in total. The van der Waals surface area contributed by atoms with Crippen molar-refractivity contribution < 1.29 is 0 Å². The predicted octanol–water partition coefficient (Wildman–Crippen LogP) is 17.1. The second-order valence-corrected chi connectivity index (χ2v) is 21.3. The van der Waals surface area contributed by atoms with Crippen LogP contribution in [0.5, 0.6) is 0 Å². The molecule has 4 heterocycles. The number of aromatic nitrogens is 2. The van der Waals surface area contributed by atoms with Crippen molar-refractivity contribution in [2.75, 3.05) is 9.80 Å². The zero-order valence-corrected chi connectivity index (χ0v) is 41.6. The molecule has 0 bridgehead atoms. The third-order valence-electron chi connectivity index (χ3n) is 15.9. The van der Waals surface area contributed by atoms with E-state index in [9.17, 15) is 0 Å². The van der Waals surface area contributed by atoms with Crippen LogP contribution < -0.4 is 20.4 Å². The smallest absolute Gasteiger partial charge is 0.0641 e. The highest BCUT2D eigenvalue weighted by atomic mass is 15.2. The lowest BCUT2D eigenvalue weighted by molar-refractivity contribution is 0.663. The van der Waals surface area contributed by atoms with E-state index in [0.29, 0.717) is 23.7 Å². The first-order chi connectivity index (χ1) is 34.0. The van der Waals surface area contributed by atoms with Gasteiger partial charge in [0.25, 0.3) is 0 Å². The van der Waals surface area contributed by atoms with E-state index in [-0.39, 0.29) is 12.0 Å². The Morgan fingerprint density at radius 3 is 1.27 bits per heavy atom. The number of nitrogens with zero attached hydrogens (tertiary/aromatic N) is 4. The van der Waals surface area contributed by atoms with Gasteiger partial charge in [0, 0.05) is 66.3 Å². The molecule has 0 fully saturated rings. The maximum atomic E-state index is 2.68. The van der Waals surface area contributed by atoms with Crippen LogP contribution in [0, 0.1) is 0 Å². The Kier molecular flexibility index (Phi) is 9.72. The molecule has 8 aromatic carbocycles. The van der Waals surface area contributed by atoms with Gasteiger partial charge in [0.15, 0.2) is 0 Å². The standard InChI is InChI=1S/C66H60N4/c1-39(2)43-17-25-47(26-18-43)67(48-27-19-44(20-28-48)40(3)4)59-35-33-51-55-37-62-56(38-61(55)69-57-15-11-9-13-53(57)63(59)65(51)69)52-34-36-60(64-54-14-10-12-16-58(54)70(62)66(52)64)68(49-29-21-45(22-30-49)41(5)6)50-31-23-46(24-32-50)42(7)8/h9-42,55,61H,1-8H3. The molecule has 0 spiro atoms. The lowest BCUT2D eigenvalue weighted by Crippen LogP contribution is -2.32. The monoisotopic (exact) mass is 908 g/mol. The highest BCUT2D eigenvalue weighted by molar-refractivity contribution is 6.22. The molecule has 2 atom stereocenters. The highest BCUT2D eigenvalue weighted by Crippen LogP contribution is 2.54. The van der Waals surface area contributed by atoms with Crippen LogP contribution in [0.2, 0.25) is 0 Å². The molecule has 0 saturated heterocycles. The molecule has 4 heteroatoms. The molecule has 0 amide bonds. The summed E-state index contributed by atoms with van der Waals surface area (Å²) in [4.78, 5) is 4.98. The van der Waals surface area contributed by atoms with Crippen molar-refractivity contribution in [1.82, 2.24) is 8.97 Å². The summed E-state index contributed by atoms with van der Waals surface area (Å²) in [5.74, 6) is 2.00. The van der Waals surface area contributed by atoms with Crippen molar-refractivity contribution in [1.29, 1.82) is 0 Å². The molecule has 1 aliphatic heterocycles. The lowest BCUT2D eigenvalue weighted by Gasteiger charge is -2.28. The molecule has 0 radical (unpaired) electrons. The first-order valence-electron chi connectivity index (χ1n) is 25.6. The Bertz CT molecular complexity index is 3840. The summed E-state index contributed by atoms with van der Waals surface area (Å²) in [7, 11) is 0. The average molecular weight is 909 g/mol. The lowest BCUT2D eigenvalue weighted by atomic mass is 9.88. The first-order valence-corrected chi connectivity index (χ1v) is 25.6. The second kappa shape index (κ2) is 16.0. The van der Waals surface area contributed by atoms with E-state index in [4.69, 9.17) is 0 Å². The van der Waals surface area contributed by atoms with Crippen LogP contribution in [0.4, 0.5) is 34.1 Å². The fraction of sp³-hybridized carbons (Fsp3) is 0.212. The van der Waals surface area contributed by atoms with Gasteiger partial charge in [0.1, 0.15) is 0 Å². The quantitative estimate of drug-likeness (QED) is 0.136. The van der Waals surface area contributed by atoms with Gasteiger partial charge in [-0.2, -0.15) is 0 Å². The molecule has 3 aromatic heterocycles. The fourth-order valence-electron chi connectivity index (χ4n) is 12.2. The van der Waals surface area contributed by atoms with Gasteiger partial charge in [0.2, 0.25) is 0 Å². The van der Waals surface area contributed by atoms with Crippen LogP contribution in [0.15, 0.2) is 170 Å². The Morgan fingerprint density at radius 1 is 0.386 bits per heavy atom. The van der Waals surface area contributed by atoms with Crippen LogP contribution in [-0.4, -0.2) is 8.97 Å². The number of para-hydroxylation sites is 2. The third-order valence-corrected chi connectivity index (χ3v) is 15.9. The summed E-state index contributed by atoms with van der Waals surface area (Å²) in [5.41, 5.74) is 19.0. The number of anilines is 6. The van der Waals surface area contributed by atoms with Gasteiger partial charge in [-0.3, -0.25) is 0 Å². The highest BCUT2D eigenvalue weighted by Gasteiger charge is 2.38. The second-order valence-electron chi connectivity index (χ2n) is 21.3. The number of fused-ring (bicyclic) bond motifs is 12. The van der Waals surface area contributed by atoms with Gasteiger partial charge in [-0.25, -0.2) is 0 Å². The average Bonchev–Trinajstić information content (AvgIpc) is 4.11. The van der Waals surface area contributed by atoms with Gasteiger partial charge < -0.3 is 18.8 Å². The zero-order chi connectivity index (χ0) is 47.7. The van der Waals surface area contributed by atoms with E-state index in [2.05, 4.69) is 256 Å². The van der Waals surface area contributed by atoms with Gasteiger partial charge in [-0.15, -0.1) is 0 Å². The Hall–Kier alpha value is -7.56. The summed E-state index contributed by atoms with van der Waals surface area (Å²) in [5, 5.41) is 9.08. The first kappa shape index (κ1) is 42.5. The van der Waals surface area contributed by atoms with Crippen molar-refractivity contribution >= 4 is 95.3 Å². The third kappa shape index (κ3) is 6.28. The molecule has 70 heavy (non-hydrogen) atoms. The topological polar surface area (TPSA) is 15.8 Å². The zero-order valence-electron chi connectivity index (χ0n) is 41.6. The number of hydrogen-bond donors (Lipinski definition) is 0. The maximum absolute atomic E-state index is 2.68. The maximum Gasteiger partial charge on any atom is 0.0641 e. The SMILES string of the molecule is CC(C)c1ccc(N(c2ccc(C(C)C)cc2)c2ccc3c4c2c2ccccc2n4C2C=c4c(n5c6ccccc6c6c(N(c7ccc(C(C)C)cc7)c7ccc(C(C)C)cc7)ccc4c65)=CC32)cc1. The van der Waals surface area contributed by atoms with Crippen molar-refractivity contribution in [3.8, 4) is 0 Å². The molecule has 13 rings (SSSR count). The van der Waals surface area contributed by atoms with Gasteiger partial charge >= 0.3 is 0 Å². The van der Waals surface area contributed by atoms with Crippen molar-refractivity contribution in [3.05, 3.63) is 208 Å². The van der Waals surface area contributed by atoms with E-state index in [0.717, 1.165) is 11.4 Å². The Morgan fingerprint density at radius 2 is 0.800 bits per heavy atom. The van der Waals surface area contributed by atoms with E-state index < -0.39 is 0 Å². The summed E-state index contributed by atoms with van der Waals surface area (Å²) >= 11 is 0. The van der Waals surface area contributed by atoms with Gasteiger partial charge in [-0.1, -0.05) is 159 Å². The van der Waals surface area contributed by atoms with E-state index in [1.54, 1.807) is 0 Å². The molecule has 2 unspecified atom stereocenters. The van der Waals surface area contributed by atoms with Gasteiger partial charge in [-0.05, 0) is 130 Å². The molecule has 344 valence electrons. The van der Waals surface area contributed by atoms with Crippen LogP contribution in [0.3, 0.4) is 0 Å². The number of benzene rings is 8. The van der Waals surface area contributed by atoms with Crippen LogP contribution in [0.1, 0.15) is 119 Å². The number of rotatable bonds is 10. The molecular formula is C66H60N4. The predicted molar refractivity (Wildman–Crippen MR) is 299 cm³/mol. The Balaban J connectivity index is 1.03. The van der Waals surface area contributed by atoms with Crippen LogP contribution >= 0.6 is 0 Å². The van der Waals surface area contributed by atoms with Crippen LogP contribution in [-0.2, 0) is 0 Å². The summed E-state index contributed by atoms with van der Waals surface area (Å²) in [6, 6.07) is 64.9. The molecule has 0 N–H and O–H groups in total. The summed E-state index contributed by atoms with van der Waals surface area (Å²) in [6.07, 6.45) is 5.23.